The maximum atomic E-state index is 11.0. The van der Waals surface area contributed by atoms with E-state index < -0.39 is 5.97 Å². The average molecular weight is 539 g/mol. The van der Waals surface area contributed by atoms with Crippen LogP contribution in [0.4, 0.5) is 5.69 Å². The summed E-state index contributed by atoms with van der Waals surface area (Å²) in [5.41, 5.74) is 6.66. The van der Waals surface area contributed by atoms with Gasteiger partial charge in [0.05, 0.1) is 15.8 Å². The van der Waals surface area contributed by atoms with Crippen molar-refractivity contribution in [3.8, 4) is 0 Å². The first-order valence-electron chi connectivity index (χ1n) is 12.5. The molecule has 0 bridgehead atoms. The molecular formula is C29H27N2NaO3S2. The van der Waals surface area contributed by atoms with Crippen LogP contribution in [0.5, 0.6) is 0 Å². The maximum Gasteiger partial charge on any atom is 1.00 e. The Balaban J connectivity index is 0.00000280. The fourth-order valence-corrected chi connectivity index (χ4v) is 7.23. The Hall–Kier alpha value is -2.03. The number of unbranched alkanes of at least 4 members (excludes halogenated alkanes) is 2. The molecule has 184 valence electrons. The fourth-order valence-electron chi connectivity index (χ4n) is 5.92. The van der Waals surface area contributed by atoms with E-state index in [2.05, 4.69) is 42.2 Å². The second-order valence-corrected chi connectivity index (χ2v) is 11.3. The van der Waals surface area contributed by atoms with Crippen LogP contribution in [-0.2, 0) is 14.9 Å². The molecule has 4 heterocycles. The topological polar surface area (TPSA) is 62.7 Å². The fraction of sp³-hybridized carbons (Fsp3) is 0.345. The SMILES string of the molecule is CC1(CCCCCC(=O)O)C2=C3C=C(c4nc5ccccc5s4)C(=S)OC3CCN2c2cc[c-]cc21.[Na+]. The van der Waals surface area contributed by atoms with Crippen LogP contribution >= 0.6 is 23.6 Å². The Morgan fingerprint density at radius 3 is 2.95 bits per heavy atom. The van der Waals surface area contributed by atoms with Crippen LogP contribution in [0.15, 0.2) is 59.8 Å². The summed E-state index contributed by atoms with van der Waals surface area (Å²) in [4.78, 5) is 18.3. The van der Waals surface area contributed by atoms with E-state index in [1.807, 2.05) is 24.3 Å². The number of anilines is 1. The third-order valence-corrected chi connectivity index (χ3v) is 9.00. The Bertz CT molecular complexity index is 1410. The number of ether oxygens (including phenoxy) is 1. The molecule has 3 aromatic rings. The molecule has 2 unspecified atom stereocenters. The van der Waals surface area contributed by atoms with Crippen LogP contribution in [0.1, 0.15) is 56.0 Å². The zero-order valence-electron chi connectivity index (χ0n) is 21.1. The number of thiocarbonyl (C=S) groups is 1. The number of rotatable bonds is 7. The minimum Gasteiger partial charge on any atom is -0.481 e. The number of nitrogens with zero attached hydrogens (tertiary/aromatic N) is 2. The normalized spacial score (nSPS) is 22.1. The third kappa shape index (κ3) is 4.70. The van der Waals surface area contributed by atoms with E-state index in [9.17, 15) is 4.79 Å². The zero-order chi connectivity index (χ0) is 24.9. The molecule has 1 aromatic heterocycles. The smallest absolute Gasteiger partial charge is 0.481 e. The second kappa shape index (κ2) is 10.6. The summed E-state index contributed by atoms with van der Waals surface area (Å²) < 4.78 is 7.53. The summed E-state index contributed by atoms with van der Waals surface area (Å²) in [6.45, 7) is 3.20. The van der Waals surface area contributed by atoms with Gasteiger partial charge in [-0.2, -0.15) is 18.2 Å². The number of para-hydroxylation sites is 1. The van der Waals surface area contributed by atoms with Gasteiger partial charge >= 0.3 is 35.5 Å². The molecule has 0 fully saturated rings. The first-order chi connectivity index (χ1) is 17.5. The largest absolute Gasteiger partial charge is 1.00 e. The number of aliphatic carboxylic acids is 1. The summed E-state index contributed by atoms with van der Waals surface area (Å²) in [7, 11) is 0. The van der Waals surface area contributed by atoms with E-state index in [0.29, 0.717) is 11.5 Å². The number of thiazole rings is 1. The van der Waals surface area contributed by atoms with E-state index in [4.69, 9.17) is 27.0 Å². The number of aromatic nitrogens is 1. The van der Waals surface area contributed by atoms with Crippen molar-refractivity contribution in [3.63, 3.8) is 0 Å². The van der Waals surface area contributed by atoms with Crippen molar-refractivity contribution in [2.75, 3.05) is 11.4 Å². The third-order valence-electron chi connectivity index (χ3n) is 7.61. The van der Waals surface area contributed by atoms with Crippen molar-refractivity contribution >= 4 is 56.1 Å². The summed E-state index contributed by atoms with van der Waals surface area (Å²) in [5.74, 6) is -0.726. The van der Waals surface area contributed by atoms with Gasteiger partial charge in [0.1, 0.15) is 11.1 Å². The molecule has 2 atom stereocenters. The average Bonchev–Trinajstić information content (AvgIpc) is 3.41. The molecule has 0 saturated heterocycles. The van der Waals surface area contributed by atoms with Crippen LogP contribution in [0, 0.1) is 6.07 Å². The van der Waals surface area contributed by atoms with Crippen LogP contribution in [0.25, 0.3) is 15.8 Å². The number of fused-ring (bicyclic) bond motifs is 5. The van der Waals surface area contributed by atoms with Gasteiger partial charge in [-0.25, -0.2) is 4.98 Å². The molecule has 0 amide bonds. The molecule has 0 spiro atoms. The van der Waals surface area contributed by atoms with E-state index in [1.54, 1.807) is 11.3 Å². The van der Waals surface area contributed by atoms with Gasteiger partial charge in [-0.15, -0.1) is 23.0 Å². The number of carbonyl (C=O) groups is 1. The van der Waals surface area contributed by atoms with Gasteiger partial charge in [-0.1, -0.05) is 37.6 Å². The number of benzene rings is 2. The zero-order valence-corrected chi connectivity index (χ0v) is 24.8. The minimum atomic E-state index is -0.726. The van der Waals surface area contributed by atoms with E-state index in [-0.39, 0.29) is 47.5 Å². The van der Waals surface area contributed by atoms with Crippen LogP contribution < -0.4 is 34.5 Å². The van der Waals surface area contributed by atoms with E-state index in [0.717, 1.165) is 53.0 Å². The van der Waals surface area contributed by atoms with Gasteiger partial charge < -0.3 is 14.7 Å². The molecule has 0 radical (unpaired) electrons. The summed E-state index contributed by atoms with van der Waals surface area (Å²) >= 11 is 7.38. The van der Waals surface area contributed by atoms with Crippen LogP contribution in [-0.4, -0.2) is 33.8 Å². The molecule has 8 heteroatoms. The van der Waals surface area contributed by atoms with Crippen LogP contribution in [0.2, 0.25) is 0 Å². The Morgan fingerprint density at radius 1 is 1.30 bits per heavy atom. The summed E-state index contributed by atoms with van der Waals surface area (Å²) in [6, 6.07) is 17.7. The molecule has 0 aliphatic carbocycles. The van der Waals surface area contributed by atoms with Crippen molar-refractivity contribution < 1.29 is 44.2 Å². The molecule has 0 saturated carbocycles. The van der Waals surface area contributed by atoms with E-state index in [1.165, 1.54) is 22.5 Å². The maximum absolute atomic E-state index is 11.0. The number of allylic oxidation sites excluding steroid dienone is 1. The van der Waals surface area contributed by atoms with Crippen molar-refractivity contribution in [2.24, 2.45) is 0 Å². The Morgan fingerprint density at radius 2 is 2.14 bits per heavy atom. The van der Waals surface area contributed by atoms with Gasteiger partial charge in [-0.05, 0) is 48.7 Å². The Kier molecular flexibility index (Phi) is 7.63. The molecular weight excluding hydrogens is 511 g/mol. The molecule has 5 nitrogen and oxygen atoms in total. The number of carboxylic acid groups (broad SMARTS) is 1. The Labute approximate surface area is 248 Å². The van der Waals surface area contributed by atoms with Crippen molar-refractivity contribution in [1.82, 2.24) is 4.98 Å². The predicted molar refractivity (Wildman–Crippen MR) is 147 cm³/mol. The molecule has 6 rings (SSSR count). The van der Waals surface area contributed by atoms with Crippen molar-refractivity contribution in [2.45, 2.75) is 57.0 Å². The standard InChI is InChI=1S/C29H27N2O3S2.Na/c1-29(15-8-2-3-13-25(32)33)20-9-4-6-11-22(20)31-16-14-23-18(26(29)31)17-19(28(35)34-23)27-30-21-10-5-7-12-24(21)36-27;/h5-7,9-12,17,23H,2-3,8,13-16H2,1H3,(H,32,33);/q-1;+1. The van der Waals surface area contributed by atoms with Crippen molar-refractivity contribution in [3.05, 3.63) is 76.4 Å². The van der Waals surface area contributed by atoms with Crippen molar-refractivity contribution in [1.29, 1.82) is 0 Å². The molecule has 3 aliphatic rings. The predicted octanol–water partition coefficient (Wildman–Crippen LogP) is 3.68. The minimum absolute atomic E-state index is 0. The van der Waals surface area contributed by atoms with Gasteiger partial charge in [0.15, 0.2) is 5.05 Å². The first kappa shape index (κ1) is 26.6. The molecule has 37 heavy (non-hydrogen) atoms. The quantitative estimate of drug-likeness (QED) is 0.214. The van der Waals surface area contributed by atoms with E-state index >= 15 is 0 Å². The van der Waals surface area contributed by atoms with Gasteiger partial charge in [0.2, 0.25) is 0 Å². The molecule has 3 aliphatic heterocycles. The summed E-state index contributed by atoms with van der Waals surface area (Å²) in [5, 5.41) is 10.4. The van der Waals surface area contributed by atoms with Gasteiger partial charge in [0, 0.05) is 30.7 Å². The van der Waals surface area contributed by atoms with Gasteiger partial charge in [0.25, 0.3) is 0 Å². The number of carboxylic acids is 1. The van der Waals surface area contributed by atoms with Crippen LogP contribution in [0.3, 0.4) is 0 Å². The first-order valence-corrected chi connectivity index (χ1v) is 13.7. The number of hydrogen-bond donors (Lipinski definition) is 1. The monoisotopic (exact) mass is 538 g/mol. The number of hydrogen-bond acceptors (Lipinski definition) is 6. The molecule has 1 N–H and O–H groups in total. The summed E-state index contributed by atoms with van der Waals surface area (Å²) in [6.07, 6.45) is 6.76. The molecule has 2 aromatic carbocycles. The second-order valence-electron chi connectivity index (χ2n) is 9.91. The van der Waals surface area contributed by atoms with Gasteiger partial charge in [-0.3, -0.25) is 4.79 Å².